The van der Waals surface area contributed by atoms with E-state index in [2.05, 4.69) is 29.2 Å². The molecule has 1 heterocycles. The summed E-state index contributed by atoms with van der Waals surface area (Å²) in [4.78, 5) is 16.8. The Morgan fingerprint density at radius 1 is 1.12 bits per heavy atom. The number of carbonyl (C=O) groups excluding carboxylic acids is 1. The smallest absolute Gasteiger partial charge is 0.244 e. The fourth-order valence-corrected chi connectivity index (χ4v) is 5.04. The second-order valence-electron chi connectivity index (χ2n) is 7.03. The van der Waals surface area contributed by atoms with E-state index in [0.717, 1.165) is 26.1 Å². The first-order valence-corrected chi connectivity index (χ1v) is 10.7. The highest BCUT2D eigenvalue weighted by Gasteiger charge is 2.54. The minimum atomic E-state index is -3.35. The fourth-order valence-electron chi connectivity index (χ4n) is 3.56. The molecule has 0 unspecified atom stereocenters. The Bertz CT molecular complexity index is 731. The molecule has 0 N–H and O–H groups in total. The molecule has 6 heteroatoms. The molecule has 0 atom stereocenters. The van der Waals surface area contributed by atoms with Crippen molar-refractivity contribution in [3.8, 4) is 0 Å². The van der Waals surface area contributed by atoms with Crippen LogP contribution in [0.5, 0.6) is 0 Å². The number of hydrogen-bond donors (Lipinski definition) is 0. The van der Waals surface area contributed by atoms with E-state index in [1.807, 2.05) is 18.2 Å². The second-order valence-corrected chi connectivity index (χ2v) is 9.35. The summed E-state index contributed by atoms with van der Waals surface area (Å²) in [5, 5.41) is 0. The molecule has 1 aliphatic carbocycles. The predicted octanol–water partition coefficient (Wildman–Crippen LogP) is 1.81. The SMILES string of the molecule is CS(=O)(=O)C1(C(=O)N2CCN(C/C=C/c3ccccc3)CC2)CCC1. The lowest BCUT2D eigenvalue weighted by molar-refractivity contribution is -0.138. The van der Waals surface area contributed by atoms with Crippen molar-refractivity contribution in [1.29, 1.82) is 0 Å². The number of amides is 1. The number of carbonyl (C=O) groups is 1. The van der Waals surface area contributed by atoms with Crippen LogP contribution in [-0.4, -0.2) is 67.9 Å². The van der Waals surface area contributed by atoms with Crippen LogP contribution in [-0.2, 0) is 14.6 Å². The van der Waals surface area contributed by atoms with Crippen molar-refractivity contribution in [2.75, 3.05) is 39.0 Å². The quantitative estimate of drug-likeness (QED) is 0.802. The summed E-state index contributed by atoms with van der Waals surface area (Å²) in [7, 11) is -3.35. The minimum absolute atomic E-state index is 0.180. The van der Waals surface area contributed by atoms with Crippen molar-refractivity contribution in [2.24, 2.45) is 0 Å². The van der Waals surface area contributed by atoms with Gasteiger partial charge in [-0.1, -0.05) is 42.5 Å². The van der Waals surface area contributed by atoms with Crippen molar-refractivity contribution >= 4 is 21.8 Å². The average molecular weight is 362 g/mol. The molecule has 1 aromatic carbocycles. The third-order valence-electron chi connectivity index (χ3n) is 5.39. The first-order chi connectivity index (χ1) is 11.9. The molecule has 2 fully saturated rings. The molecule has 0 radical (unpaired) electrons. The molecule has 2 aliphatic rings. The van der Waals surface area contributed by atoms with Gasteiger partial charge in [0, 0.05) is 39.0 Å². The third-order valence-corrected chi connectivity index (χ3v) is 7.40. The monoisotopic (exact) mass is 362 g/mol. The molecule has 1 amide bonds. The van der Waals surface area contributed by atoms with Crippen molar-refractivity contribution < 1.29 is 13.2 Å². The lowest BCUT2D eigenvalue weighted by Crippen LogP contribution is -2.61. The standard InChI is InChI=1S/C19H26N2O3S/c1-25(23,24)19(10-6-11-19)18(22)21-15-13-20(14-16-21)12-5-9-17-7-3-2-4-8-17/h2-5,7-9H,6,10-16H2,1H3/b9-5+. The van der Waals surface area contributed by atoms with Gasteiger partial charge in [-0.05, 0) is 24.8 Å². The number of hydrogen-bond acceptors (Lipinski definition) is 4. The summed E-state index contributed by atoms with van der Waals surface area (Å²) < 4.78 is 23.0. The largest absolute Gasteiger partial charge is 0.339 e. The zero-order valence-corrected chi connectivity index (χ0v) is 15.5. The minimum Gasteiger partial charge on any atom is -0.339 e. The molecule has 0 bridgehead atoms. The van der Waals surface area contributed by atoms with Crippen LogP contribution in [0.3, 0.4) is 0 Å². The van der Waals surface area contributed by atoms with Gasteiger partial charge in [0.2, 0.25) is 5.91 Å². The zero-order valence-electron chi connectivity index (χ0n) is 14.7. The summed E-state index contributed by atoms with van der Waals surface area (Å²) in [6, 6.07) is 10.2. The Kier molecular flexibility index (Phi) is 5.29. The Morgan fingerprint density at radius 3 is 2.28 bits per heavy atom. The molecular weight excluding hydrogens is 336 g/mol. The molecule has 1 saturated heterocycles. The van der Waals surface area contributed by atoms with Gasteiger partial charge in [-0.25, -0.2) is 8.42 Å². The molecule has 3 rings (SSSR count). The molecule has 0 spiro atoms. The normalized spacial score (nSPS) is 21.2. The highest BCUT2D eigenvalue weighted by atomic mass is 32.2. The molecule has 0 aromatic heterocycles. The lowest BCUT2D eigenvalue weighted by atomic mass is 9.83. The topological polar surface area (TPSA) is 57.7 Å². The number of benzene rings is 1. The summed E-state index contributed by atoms with van der Waals surface area (Å²) in [5.74, 6) is -0.180. The van der Waals surface area contributed by atoms with E-state index in [0.29, 0.717) is 25.9 Å². The van der Waals surface area contributed by atoms with Gasteiger partial charge in [0.05, 0.1) is 0 Å². The first kappa shape index (κ1) is 18.1. The molecule has 25 heavy (non-hydrogen) atoms. The lowest BCUT2D eigenvalue weighted by Gasteiger charge is -2.44. The van der Waals surface area contributed by atoms with Gasteiger partial charge < -0.3 is 4.90 Å². The zero-order chi connectivity index (χ0) is 17.9. The van der Waals surface area contributed by atoms with Crippen LogP contribution in [0.15, 0.2) is 36.4 Å². The number of piperazine rings is 1. The third kappa shape index (κ3) is 3.80. The molecular formula is C19H26N2O3S. The van der Waals surface area contributed by atoms with Crippen molar-refractivity contribution in [3.63, 3.8) is 0 Å². The van der Waals surface area contributed by atoms with E-state index in [1.54, 1.807) is 4.90 Å². The van der Waals surface area contributed by atoms with E-state index in [4.69, 9.17) is 0 Å². The van der Waals surface area contributed by atoms with Crippen LogP contribution in [0.25, 0.3) is 6.08 Å². The first-order valence-electron chi connectivity index (χ1n) is 8.85. The Balaban J connectivity index is 1.52. The van der Waals surface area contributed by atoms with Gasteiger partial charge in [-0.2, -0.15) is 0 Å². The van der Waals surface area contributed by atoms with Crippen LogP contribution in [0.4, 0.5) is 0 Å². The maximum absolute atomic E-state index is 12.8. The Labute approximate surface area is 150 Å². The van der Waals surface area contributed by atoms with Gasteiger partial charge in [0.15, 0.2) is 14.6 Å². The summed E-state index contributed by atoms with van der Waals surface area (Å²) in [6.45, 7) is 3.62. The summed E-state index contributed by atoms with van der Waals surface area (Å²) in [6.07, 6.45) is 7.22. The summed E-state index contributed by atoms with van der Waals surface area (Å²) >= 11 is 0. The van der Waals surface area contributed by atoms with Crippen LogP contribution >= 0.6 is 0 Å². The number of rotatable bonds is 5. The highest BCUT2D eigenvalue weighted by molar-refractivity contribution is 7.93. The Hall–Kier alpha value is -1.66. The van der Waals surface area contributed by atoms with Gasteiger partial charge in [-0.3, -0.25) is 9.69 Å². The molecule has 1 aliphatic heterocycles. The second kappa shape index (κ2) is 7.30. The van der Waals surface area contributed by atoms with Crippen molar-refractivity contribution in [1.82, 2.24) is 9.80 Å². The van der Waals surface area contributed by atoms with E-state index in [-0.39, 0.29) is 5.91 Å². The van der Waals surface area contributed by atoms with E-state index < -0.39 is 14.6 Å². The van der Waals surface area contributed by atoms with Gasteiger partial charge >= 0.3 is 0 Å². The molecule has 1 saturated carbocycles. The molecule has 5 nitrogen and oxygen atoms in total. The molecule has 1 aromatic rings. The van der Waals surface area contributed by atoms with Crippen molar-refractivity contribution in [2.45, 2.75) is 24.0 Å². The summed E-state index contributed by atoms with van der Waals surface area (Å²) in [5.41, 5.74) is 1.18. The van der Waals surface area contributed by atoms with E-state index >= 15 is 0 Å². The Morgan fingerprint density at radius 2 is 1.76 bits per heavy atom. The van der Waals surface area contributed by atoms with Crippen LogP contribution in [0.2, 0.25) is 0 Å². The highest BCUT2D eigenvalue weighted by Crippen LogP contribution is 2.40. The number of nitrogens with zero attached hydrogens (tertiary/aromatic N) is 2. The van der Waals surface area contributed by atoms with Crippen LogP contribution < -0.4 is 0 Å². The van der Waals surface area contributed by atoms with Gasteiger partial charge in [-0.15, -0.1) is 0 Å². The van der Waals surface area contributed by atoms with Crippen LogP contribution in [0, 0.1) is 0 Å². The van der Waals surface area contributed by atoms with E-state index in [1.165, 1.54) is 11.8 Å². The van der Waals surface area contributed by atoms with Crippen molar-refractivity contribution in [3.05, 3.63) is 42.0 Å². The van der Waals surface area contributed by atoms with E-state index in [9.17, 15) is 13.2 Å². The van der Waals surface area contributed by atoms with Crippen LogP contribution in [0.1, 0.15) is 24.8 Å². The maximum atomic E-state index is 12.8. The molecule has 136 valence electrons. The van der Waals surface area contributed by atoms with Gasteiger partial charge in [0.1, 0.15) is 0 Å². The maximum Gasteiger partial charge on any atom is 0.244 e. The fraction of sp³-hybridized carbons (Fsp3) is 0.526. The average Bonchev–Trinajstić information content (AvgIpc) is 2.54. The predicted molar refractivity (Wildman–Crippen MR) is 99.9 cm³/mol. The number of sulfone groups is 1. The van der Waals surface area contributed by atoms with Gasteiger partial charge in [0.25, 0.3) is 0 Å².